The molecule has 1 fully saturated rings. The zero-order valence-corrected chi connectivity index (χ0v) is 22.1. The molecule has 0 spiro atoms. The summed E-state index contributed by atoms with van der Waals surface area (Å²) >= 11 is 0. The molecule has 2 aromatic heterocycles. The molecule has 2 N–H and O–H groups in total. The summed E-state index contributed by atoms with van der Waals surface area (Å²) in [7, 11) is -1.66. The average molecular weight is 515 g/mol. The highest BCUT2D eigenvalue weighted by Gasteiger charge is 2.26. The number of benzene rings is 1. The smallest absolute Gasteiger partial charge is 0.332 e. The van der Waals surface area contributed by atoms with Gasteiger partial charge in [0.2, 0.25) is 5.95 Å². The molecule has 0 aliphatic carbocycles. The predicted octanol–water partition coefficient (Wildman–Crippen LogP) is 1.44. The highest BCUT2D eigenvalue weighted by atomic mass is 32.2. The molecule has 0 saturated carbocycles. The van der Waals surface area contributed by atoms with Crippen LogP contribution in [0, 0.1) is 0 Å². The summed E-state index contributed by atoms with van der Waals surface area (Å²) < 4.78 is 28.0. The van der Waals surface area contributed by atoms with E-state index < -0.39 is 15.5 Å². The number of anilines is 1. The van der Waals surface area contributed by atoms with Crippen molar-refractivity contribution >= 4 is 26.9 Å². The Morgan fingerprint density at radius 2 is 1.86 bits per heavy atom. The summed E-state index contributed by atoms with van der Waals surface area (Å²) in [5.74, 6) is 0.652. The summed E-state index contributed by atoms with van der Waals surface area (Å²) in [4.78, 5) is 33.9. The number of fused-ring (bicyclic) bond motifs is 1. The van der Waals surface area contributed by atoms with Crippen molar-refractivity contribution in [3.8, 4) is 0 Å². The second kappa shape index (κ2) is 10.1. The number of nitrogens with zero attached hydrogens (tertiary/aromatic N) is 5. The number of imidazole rings is 1. The van der Waals surface area contributed by atoms with Gasteiger partial charge in [-0.1, -0.05) is 23.8 Å². The lowest BCUT2D eigenvalue weighted by atomic mass is 10.1. The molecule has 3 heterocycles. The number of allylic oxidation sites excluding steroid dienone is 2. The molecule has 1 aliphatic heterocycles. The molecule has 1 unspecified atom stereocenters. The Labute approximate surface area is 210 Å². The molecule has 0 amide bonds. The highest BCUT2D eigenvalue weighted by Crippen LogP contribution is 2.23. The number of aryl methyl sites for hydroxylation is 2. The van der Waals surface area contributed by atoms with Gasteiger partial charge in [-0.2, -0.15) is 4.98 Å². The number of hydrogen-bond donors (Lipinski definition) is 1. The van der Waals surface area contributed by atoms with Gasteiger partial charge in [0, 0.05) is 45.5 Å². The Morgan fingerprint density at radius 3 is 2.47 bits per heavy atom. The van der Waals surface area contributed by atoms with Gasteiger partial charge in [-0.05, 0) is 50.8 Å². The van der Waals surface area contributed by atoms with Gasteiger partial charge in [-0.15, -0.1) is 0 Å². The second-order valence-corrected chi connectivity index (χ2v) is 11.8. The summed E-state index contributed by atoms with van der Waals surface area (Å²) in [6.45, 7) is 6.05. The number of piperidine rings is 1. The van der Waals surface area contributed by atoms with Gasteiger partial charge in [0.1, 0.15) is 0 Å². The van der Waals surface area contributed by atoms with E-state index in [1.807, 2.05) is 24.5 Å². The molecule has 1 aliphatic rings. The lowest BCUT2D eigenvalue weighted by molar-refractivity contribution is 0.495. The second-order valence-electron chi connectivity index (χ2n) is 9.79. The van der Waals surface area contributed by atoms with Crippen molar-refractivity contribution in [3.63, 3.8) is 0 Å². The maximum atomic E-state index is 13.7. The summed E-state index contributed by atoms with van der Waals surface area (Å²) in [6.07, 6.45) is 5.48. The van der Waals surface area contributed by atoms with Crippen molar-refractivity contribution in [3.05, 3.63) is 62.3 Å². The van der Waals surface area contributed by atoms with Crippen molar-refractivity contribution in [1.29, 1.82) is 0 Å². The fraction of sp³-hybridized carbons (Fsp3) is 0.480. The molecule has 11 heteroatoms. The van der Waals surface area contributed by atoms with E-state index in [4.69, 9.17) is 10.7 Å². The predicted molar refractivity (Wildman–Crippen MR) is 141 cm³/mol. The van der Waals surface area contributed by atoms with E-state index in [1.54, 1.807) is 31.3 Å². The van der Waals surface area contributed by atoms with Crippen molar-refractivity contribution in [1.82, 2.24) is 18.7 Å². The van der Waals surface area contributed by atoms with Crippen LogP contribution in [-0.2, 0) is 36.4 Å². The molecule has 1 saturated heterocycles. The quantitative estimate of drug-likeness (QED) is 0.473. The van der Waals surface area contributed by atoms with E-state index in [1.165, 1.54) is 9.13 Å². The van der Waals surface area contributed by atoms with Crippen molar-refractivity contribution in [2.45, 2.75) is 57.1 Å². The molecule has 1 atom stereocenters. The SMILES string of the molecule is CC(C)=CCn1c(N2CCCC(N)C2)nc2c1c(=O)n(CCc1ccc(S(C)(=O)=O)cc1)c(=O)n2C. The molecule has 1 aromatic carbocycles. The zero-order valence-electron chi connectivity index (χ0n) is 21.3. The number of sulfone groups is 1. The number of aromatic nitrogens is 4. The highest BCUT2D eigenvalue weighted by molar-refractivity contribution is 7.90. The van der Waals surface area contributed by atoms with E-state index in [0.717, 1.165) is 36.8 Å². The maximum absolute atomic E-state index is 13.7. The first-order chi connectivity index (χ1) is 17.0. The van der Waals surface area contributed by atoms with Gasteiger partial charge in [0.05, 0.1) is 4.90 Å². The Bertz CT molecular complexity index is 1530. The average Bonchev–Trinajstić information content (AvgIpc) is 3.21. The van der Waals surface area contributed by atoms with Crippen LogP contribution >= 0.6 is 0 Å². The van der Waals surface area contributed by atoms with E-state index in [9.17, 15) is 18.0 Å². The van der Waals surface area contributed by atoms with Gasteiger partial charge in [0.15, 0.2) is 21.0 Å². The van der Waals surface area contributed by atoms with Crippen LogP contribution in [0.4, 0.5) is 5.95 Å². The van der Waals surface area contributed by atoms with E-state index >= 15 is 0 Å². The van der Waals surface area contributed by atoms with Gasteiger partial charge in [-0.3, -0.25) is 13.9 Å². The van der Waals surface area contributed by atoms with Crippen molar-refractivity contribution in [2.24, 2.45) is 12.8 Å². The van der Waals surface area contributed by atoms with E-state index in [2.05, 4.69) is 4.90 Å². The number of hydrogen-bond acceptors (Lipinski definition) is 7. The van der Waals surface area contributed by atoms with Crippen LogP contribution in [0.3, 0.4) is 0 Å². The van der Waals surface area contributed by atoms with Crippen LogP contribution in [0.15, 0.2) is 50.4 Å². The third-order valence-corrected chi connectivity index (χ3v) is 7.74. The van der Waals surface area contributed by atoms with Crippen molar-refractivity contribution in [2.75, 3.05) is 24.2 Å². The molecule has 36 heavy (non-hydrogen) atoms. The van der Waals surface area contributed by atoms with Gasteiger partial charge >= 0.3 is 5.69 Å². The lowest BCUT2D eigenvalue weighted by Crippen LogP contribution is -2.44. The van der Waals surface area contributed by atoms with Crippen molar-refractivity contribution < 1.29 is 8.42 Å². The molecule has 0 bridgehead atoms. The minimum Gasteiger partial charge on any atom is -0.341 e. The molecule has 10 nitrogen and oxygen atoms in total. The third-order valence-electron chi connectivity index (χ3n) is 6.61. The topological polar surface area (TPSA) is 125 Å². The van der Waals surface area contributed by atoms with Crippen LogP contribution in [-0.4, -0.2) is 52.5 Å². The summed E-state index contributed by atoms with van der Waals surface area (Å²) in [6, 6.07) is 6.53. The molecule has 0 radical (unpaired) electrons. The molecular weight excluding hydrogens is 480 g/mol. The largest absolute Gasteiger partial charge is 0.341 e. The molecule has 194 valence electrons. The van der Waals surface area contributed by atoms with Gasteiger partial charge in [-0.25, -0.2) is 13.2 Å². The molecule has 3 aromatic rings. The first-order valence-electron chi connectivity index (χ1n) is 12.1. The fourth-order valence-electron chi connectivity index (χ4n) is 4.58. The van der Waals surface area contributed by atoms with E-state index in [-0.39, 0.29) is 23.0 Å². The van der Waals surface area contributed by atoms with Gasteiger partial charge < -0.3 is 15.2 Å². The minimum absolute atomic E-state index is 0.0324. The first-order valence-corrected chi connectivity index (χ1v) is 14.0. The van der Waals surface area contributed by atoms with Gasteiger partial charge in [0.25, 0.3) is 5.56 Å². The molecular formula is C25H34N6O4S. The van der Waals surface area contributed by atoms with Crippen LogP contribution in [0.5, 0.6) is 0 Å². The number of nitrogens with two attached hydrogens (primary N) is 1. The van der Waals surface area contributed by atoms with Crippen LogP contribution in [0.2, 0.25) is 0 Å². The minimum atomic E-state index is -3.29. The lowest BCUT2D eigenvalue weighted by Gasteiger charge is -2.31. The monoisotopic (exact) mass is 514 g/mol. The van der Waals surface area contributed by atoms with Crippen LogP contribution in [0.25, 0.3) is 11.2 Å². The van der Waals surface area contributed by atoms with E-state index in [0.29, 0.717) is 36.6 Å². The standard InChI is InChI=1S/C25H34N6O4S/c1-17(2)11-14-30-21-22(27-24(30)29-13-5-6-19(26)16-29)28(3)25(33)31(23(21)32)15-12-18-7-9-20(10-8-18)36(4,34)35/h7-11,19H,5-6,12-16,26H2,1-4H3. The first kappa shape index (κ1) is 25.9. The summed E-state index contributed by atoms with van der Waals surface area (Å²) in [5, 5.41) is 0. The third kappa shape index (κ3) is 5.17. The zero-order chi connectivity index (χ0) is 26.2. The Hall–Kier alpha value is -3.18. The van der Waals surface area contributed by atoms with Crippen LogP contribution < -0.4 is 21.9 Å². The Morgan fingerprint density at radius 1 is 1.17 bits per heavy atom. The fourth-order valence-corrected chi connectivity index (χ4v) is 5.21. The molecule has 4 rings (SSSR count). The Kier molecular flexibility index (Phi) is 7.24. The normalized spacial score (nSPS) is 16.5. The number of rotatable bonds is 7. The maximum Gasteiger partial charge on any atom is 0.332 e. The van der Waals surface area contributed by atoms with Crippen LogP contribution in [0.1, 0.15) is 32.3 Å². The Balaban J connectivity index is 1.78. The summed E-state index contributed by atoms with van der Waals surface area (Å²) in [5.41, 5.74) is 8.08.